The van der Waals surface area contributed by atoms with Gasteiger partial charge in [-0.1, -0.05) is 0 Å². The van der Waals surface area contributed by atoms with E-state index in [1.54, 1.807) is 0 Å². The van der Waals surface area contributed by atoms with Crippen molar-refractivity contribution in [2.75, 3.05) is 92.9 Å². The fourth-order valence-electron chi connectivity index (χ4n) is 1.64. The highest BCUT2D eigenvalue weighted by Crippen LogP contribution is 1.85. The third-order valence-corrected chi connectivity index (χ3v) is 2.96. The quantitative estimate of drug-likeness (QED) is 0.163. The van der Waals surface area contributed by atoms with Crippen LogP contribution in [-0.4, -0.2) is 116 Å². The van der Waals surface area contributed by atoms with E-state index in [1.165, 1.54) is 7.11 Å². The second-order valence-electron chi connectivity index (χ2n) is 5.31. The highest BCUT2D eigenvalue weighted by atomic mass is 16.6. The Morgan fingerprint density at radius 1 is 0.655 bits per heavy atom. The molecule has 0 saturated heterocycles. The van der Waals surface area contributed by atoms with E-state index < -0.39 is 24.5 Å². The van der Waals surface area contributed by atoms with E-state index in [9.17, 15) is 14.4 Å². The number of methoxy groups -OCH3 is 1. The van der Waals surface area contributed by atoms with E-state index >= 15 is 0 Å². The summed E-state index contributed by atoms with van der Waals surface area (Å²) in [6, 6.07) is 0. The van der Waals surface area contributed by atoms with Crippen LogP contribution in [0.25, 0.3) is 0 Å². The highest BCUT2D eigenvalue weighted by molar-refractivity contribution is 5.77. The second-order valence-corrected chi connectivity index (χ2v) is 5.31. The second kappa shape index (κ2) is 20.9. The maximum atomic E-state index is 11.3. The lowest BCUT2D eigenvalue weighted by Gasteiger charge is -2.08. The number of esters is 1. The summed E-state index contributed by atoms with van der Waals surface area (Å²) >= 11 is 0. The summed E-state index contributed by atoms with van der Waals surface area (Å²) in [6.45, 7) is 2.84. The predicted molar refractivity (Wildman–Crippen MR) is 97.6 cm³/mol. The monoisotopic (exact) mass is 425 g/mol. The number of hydrogen-bond acceptors (Lipinski definition) is 10. The standard InChI is InChI=1S/C17H31NO11/c1-23-17(22)14-28-11-10-27-9-8-26-7-6-25-5-4-24-3-2-18-15(19)12-29-13-16(20)21/h2-14H2,1H3,(H,18,19)(H,20,21). The number of amides is 1. The summed E-state index contributed by atoms with van der Waals surface area (Å²) in [4.78, 5) is 32.2. The molecule has 0 aliphatic heterocycles. The number of carbonyl (C=O) groups is 3. The lowest BCUT2D eigenvalue weighted by molar-refractivity contribution is -0.146. The maximum Gasteiger partial charge on any atom is 0.331 e. The molecule has 0 spiro atoms. The van der Waals surface area contributed by atoms with Crippen LogP contribution in [0.5, 0.6) is 0 Å². The lowest BCUT2D eigenvalue weighted by atomic mass is 10.6. The van der Waals surface area contributed by atoms with Gasteiger partial charge in [0.05, 0.1) is 66.6 Å². The number of ether oxygens (including phenoxy) is 7. The molecule has 0 aromatic heterocycles. The van der Waals surface area contributed by atoms with Gasteiger partial charge in [0.1, 0.15) is 19.8 Å². The van der Waals surface area contributed by atoms with Crippen LogP contribution >= 0.6 is 0 Å². The first-order valence-corrected chi connectivity index (χ1v) is 9.08. The zero-order valence-electron chi connectivity index (χ0n) is 16.7. The van der Waals surface area contributed by atoms with Crippen molar-refractivity contribution in [3.8, 4) is 0 Å². The van der Waals surface area contributed by atoms with Crippen LogP contribution in [-0.2, 0) is 47.5 Å². The molecule has 2 N–H and O–H groups in total. The molecule has 0 aliphatic rings. The van der Waals surface area contributed by atoms with Crippen LogP contribution in [0, 0.1) is 0 Å². The van der Waals surface area contributed by atoms with Gasteiger partial charge in [-0.15, -0.1) is 0 Å². The fourth-order valence-corrected chi connectivity index (χ4v) is 1.64. The molecule has 0 aliphatic carbocycles. The van der Waals surface area contributed by atoms with Crippen molar-refractivity contribution < 1.29 is 52.6 Å². The molecule has 0 radical (unpaired) electrons. The summed E-state index contributed by atoms with van der Waals surface area (Å²) in [7, 11) is 1.30. The average Bonchev–Trinajstić information content (AvgIpc) is 2.69. The van der Waals surface area contributed by atoms with Crippen molar-refractivity contribution in [3.63, 3.8) is 0 Å². The molecule has 0 saturated carbocycles. The summed E-state index contributed by atoms with van der Waals surface area (Å²) in [5.74, 6) is -1.95. The van der Waals surface area contributed by atoms with Crippen LogP contribution in [0.15, 0.2) is 0 Å². The van der Waals surface area contributed by atoms with Crippen molar-refractivity contribution >= 4 is 17.8 Å². The van der Waals surface area contributed by atoms with E-state index in [4.69, 9.17) is 28.8 Å². The van der Waals surface area contributed by atoms with Gasteiger partial charge in [0.15, 0.2) is 0 Å². The van der Waals surface area contributed by atoms with Gasteiger partial charge >= 0.3 is 11.9 Å². The zero-order chi connectivity index (χ0) is 21.6. The molecule has 29 heavy (non-hydrogen) atoms. The number of carboxylic acids is 1. The third kappa shape index (κ3) is 22.3. The van der Waals surface area contributed by atoms with Crippen LogP contribution in [0.2, 0.25) is 0 Å². The predicted octanol–water partition coefficient (Wildman–Crippen LogP) is -1.54. The van der Waals surface area contributed by atoms with Crippen molar-refractivity contribution in [1.29, 1.82) is 0 Å². The molecule has 12 nitrogen and oxygen atoms in total. The molecule has 0 heterocycles. The molecular formula is C17H31NO11. The van der Waals surface area contributed by atoms with Gasteiger partial charge in [0.25, 0.3) is 0 Å². The van der Waals surface area contributed by atoms with Gasteiger partial charge in [0.2, 0.25) is 5.91 Å². The first kappa shape index (κ1) is 27.2. The van der Waals surface area contributed by atoms with Crippen LogP contribution in [0.4, 0.5) is 0 Å². The largest absolute Gasteiger partial charge is 0.480 e. The molecule has 0 aromatic rings. The first-order valence-electron chi connectivity index (χ1n) is 9.08. The normalized spacial score (nSPS) is 10.7. The van der Waals surface area contributed by atoms with Gasteiger partial charge in [0, 0.05) is 6.54 Å². The lowest BCUT2D eigenvalue weighted by Crippen LogP contribution is -2.31. The van der Waals surface area contributed by atoms with Crippen LogP contribution in [0.3, 0.4) is 0 Å². The summed E-state index contributed by atoms with van der Waals surface area (Å²) in [5, 5.41) is 10.9. The van der Waals surface area contributed by atoms with E-state index in [2.05, 4.69) is 14.8 Å². The molecular weight excluding hydrogens is 394 g/mol. The minimum Gasteiger partial charge on any atom is -0.480 e. The van der Waals surface area contributed by atoms with Crippen LogP contribution < -0.4 is 5.32 Å². The van der Waals surface area contributed by atoms with Gasteiger partial charge in [-0.25, -0.2) is 9.59 Å². The molecule has 0 unspecified atom stereocenters. The number of nitrogens with one attached hydrogen (secondary N) is 1. The van der Waals surface area contributed by atoms with Crippen molar-refractivity contribution in [1.82, 2.24) is 5.32 Å². The Kier molecular flexibility index (Phi) is 19.6. The average molecular weight is 425 g/mol. The van der Waals surface area contributed by atoms with Gasteiger partial charge in [-0.05, 0) is 0 Å². The third-order valence-electron chi connectivity index (χ3n) is 2.96. The van der Waals surface area contributed by atoms with E-state index in [-0.39, 0.29) is 13.2 Å². The summed E-state index contributed by atoms with van der Waals surface area (Å²) < 4.78 is 35.2. The number of hydrogen-bond donors (Lipinski definition) is 2. The molecule has 0 atom stereocenters. The van der Waals surface area contributed by atoms with Gasteiger partial charge in [-0.2, -0.15) is 0 Å². The molecule has 0 rings (SSSR count). The molecule has 0 fully saturated rings. The fraction of sp³-hybridized carbons (Fsp3) is 0.824. The summed E-state index contributed by atoms with van der Waals surface area (Å²) in [6.07, 6.45) is 0. The van der Waals surface area contributed by atoms with Gasteiger partial charge in [-0.3, -0.25) is 4.79 Å². The smallest absolute Gasteiger partial charge is 0.331 e. The zero-order valence-corrected chi connectivity index (χ0v) is 16.7. The molecule has 0 aromatic carbocycles. The summed E-state index contributed by atoms with van der Waals surface area (Å²) in [5.41, 5.74) is 0. The van der Waals surface area contributed by atoms with Crippen molar-refractivity contribution in [2.45, 2.75) is 0 Å². The van der Waals surface area contributed by atoms with Crippen LogP contribution in [0.1, 0.15) is 0 Å². The Morgan fingerprint density at radius 3 is 1.62 bits per heavy atom. The van der Waals surface area contributed by atoms with Crippen molar-refractivity contribution in [3.05, 3.63) is 0 Å². The molecule has 170 valence electrons. The van der Waals surface area contributed by atoms with E-state index in [0.717, 1.165) is 0 Å². The van der Waals surface area contributed by atoms with Crippen molar-refractivity contribution in [2.24, 2.45) is 0 Å². The topological polar surface area (TPSA) is 148 Å². The number of carboxylic acid groups (broad SMARTS) is 1. The number of carbonyl (C=O) groups excluding carboxylic acids is 2. The minimum atomic E-state index is -1.13. The minimum absolute atomic E-state index is 0.0877. The Balaban J connectivity index is 3.14. The highest BCUT2D eigenvalue weighted by Gasteiger charge is 2.03. The Hall–Kier alpha value is -1.83. The van der Waals surface area contributed by atoms with Gasteiger partial charge < -0.3 is 43.6 Å². The Bertz CT molecular complexity index is 434. The molecule has 0 bridgehead atoms. The Labute approximate surface area is 169 Å². The van der Waals surface area contributed by atoms with E-state index in [0.29, 0.717) is 66.0 Å². The SMILES string of the molecule is COC(=O)COCCOCCOCCOCCOCCNC(=O)COCC(=O)O. The maximum absolute atomic E-state index is 11.3. The first-order chi connectivity index (χ1) is 14.1. The molecule has 1 amide bonds. The Morgan fingerprint density at radius 2 is 1.14 bits per heavy atom. The number of aliphatic carboxylic acids is 1. The molecule has 12 heteroatoms. The number of rotatable bonds is 21. The van der Waals surface area contributed by atoms with E-state index in [1.807, 2.05) is 0 Å².